The summed E-state index contributed by atoms with van der Waals surface area (Å²) in [5.41, 5.74) is 4.10. The SMILES string of the molecule is CNC(=O)c1cc(-c2ccc(NC(=O)Nc3ccc(Cl)c(Cl)c3)cc2)nc2cccnc12. The van der Waals surface area contributed by atoms with Crippen molar-refractivity contribution in [3.63, 3.8) is 0 Å². The Bertz CT molecular complexity index is 1330. The zero-order chi connectivity index (χ0) is 22.7. The molecule has 2 heterocycles. The highest BCUT2D eigenvalue weighted by molar-refractivity contribution is 6.42. The first-order valence-corrected chi connectivity index (χ1v) is 10.3. The molecule has 0 saturated carbocycles. The van der Waals surface area contributed by atoms with Crippen LogP contribution in [0.4, 0.5) is 16.2 Å². The van der Waals surface area contributed by atoms with Gasteiger partial charge in [0, 0.05) is 30.2 Å². The van der Waals surface area contributed by atoms with E-state index in [4.69, 9.17) is 23.2 Å². The maximum absolute atomic E-state index is 12.3. The van der Waals surface area contributed by atoms with Gasteiger partial charge in [-0.15, -0.1) is 0 Å². The number of rotatable bonds is 4. The molecule has 32 heavy (non-hydrogen) atoms. The van der Waals surface area contributed by atoms with Gasteiger partial charge in [-0.2, -0.15) is 0 Å². The number of nitrogens with zero attached hydrogens (tertiary/aromatic N) is 2. The third-order valence-corrected chi connectivity index (χ3v) is 5.39. The van der Waals surface area contributed by atoms with Gasteiger partial charge >= 0.3 is 6.03 Å². The van der Waals surface area contributed by atoms with Crippen LogP contribution in [-0.2, 0) is 0 Å². The van der Waals surface area contributed by atoms with E-state index < -0.39 is 6.03 Å². The third kappa shape index (κ3) is 4.64. The van der Waals surface area contributed by atoms with Crippen molar-refractivity contribution >= 4 is 57.5 Å². The number of carbonyl (C=O) groups is 2. The van der Waals surface area contributed by atoms with Crippen LogP contribution in [0.3, 0.4) is 0 Å². The first kappa shape index (κ1) is 21.5. The molecular weight excluding hydrogens is 449 g/mol. The van der Waals surface area contributed by atoms with Crippen LogP contribution >= 0.6 is 23.2 Å². The van der Waals surface area contributed by atoms with Crippen LogP contribution in [0.2, 0.25) is 10.0 Å². The Morgan fingerprint density at radius 3 is 2.31 bits per heavy atom. The smallest absolute Gasteiger partial charge is 0.323 e. The molecule has 0 aliphatic heterocycles. The van der Waals surface area contributed by atoms with Crippen molar-refractivity contribution in [1.29, 1.82) is 0 Å². The van der Waals surface area contributed by atoms with Gasteiger partial charge < -0.3 is 16.0 Å². The Morgan fingerprint density at radius 1 is 0.875 bits per heavy atom. The van der Waals surface area contributed by atoms with Crippen molar-refractivity contribution in [1.82, 2.24) is 15.3 Å². The van der Waals surface area contributed by atoms with Crippen LogP contribution < -0.4 is 16.0 Å². The molecule has 3 amide bonds. The lowest BCUT2D eigenvalue weighted by atomic mass is 10.1. The van der Waals surface area contributed by atoms with Crippen molar-refractivity contribution < 1.29 is 9.59 Å². The molecule has 160 valence electrons. The molecule has 4 aromatic rings. The molecule has 0 aliphatic carbocycles. The van der Waals surface area contributed by atoms with E-state index in [2.05, 4.69) is 25.9 Å². The fourth-order valence-electron chi connectivity index (χ4n) is 3.11. The van der Waals surface area contributed by atoms with Gasteiger partial charge in [0.25, 0.3) is 5.91 Å². The number of hydrogen-bond acceptors (Lipinski definition) is 4. The number of benzene rings is 2. The number of fused-ring (bicyclic) bond motifs is 1. The number of pyridine rings is 2. The molecule has 0 radical (unpaired) electrons. The zero-order valence-electron chi connectivity index (χ0n) is 16.8. The molecule has 3 N–H and O–H groups in total. The highest BCUT2D eigenvalue weighted by atomic mass is 35.5. The lowest BCUT2D eigenvalue weighted by Gasteiger charge is -2.10. The van der Waals surface area contributed by atoms with E-state index in [1.54, 1.807) is 55.7 Å². The summed E-state index contributed by atoms with van der Waals surface area (Å²) in [6.45, 7) is 0. The third-order valence-electron chi connectivity index (χ3n) is 4.65. The number of nitrogens with one attached hydrogen (secondary N) is 3. The van der Waals surface area contributed by atoms with Gasteiger partial charge in [-0.1, -0.05) is 35.3 Å². The van der Waals surface area contributed by atoms with Crippen molar-refractivity contribution in [3.8, 4) is 11.3 Å². The van der Waals surface area contributed by atoms with Gasteiger partial charge in [-0.25, -0.2) is 9.78 Å². The number of anilines is 2. The summed E-state index contributed by atoms with van der Waals surface area (Å²) >= 11 is 11.9. The van der Waals surface area contributed by atoms with Gasteiger partial charge in [0.15, 0.2) is 0 Å². The van der Waals surface area contributed by atoms with E-state index in [-0.39, 0.29) is 5.91 Å². The number of aromatic nitrogens is 2. The summed E-state index contributed by atoms with van der Waals surface area (Å²) in [5, 5.41) is 8.84. The second-order valence-corrected chi connectivity index (χ2v) is 7.61. The molecule has 2 aromatic heterocycles. The second kappa shape index (κ2) is 9.21. The monoisotopic (exact) mass is 465 g/mol. The lowest BCUT2D eigenvalue weighted by molar-refractivity contribution is 0.0964. The van der Waals surface area contributed by atoms with E-state index in [9.17, 15) is 9.59 Å². The summed E-state index contributed by atoms with van der Waals surface area (Å²) < 4.78 is 0. The fraction of sp³-hybridized carbons (Fsp3) is 0.0435. The molecule has 0 unspecified atom stereocenters. The van der Waals surface area contributed by atoms with E-state index in [1.165, 1.54) is 0 Å². The summed E-state index contributed by atoms with van der Waals surface area (Å²) in [4.78, 5) is 33.5. The Hall–Kier alpha value is -3.68. The Kier molecular flexibility index (Phi) is 6.20. The average Bonchev–Trinajstić information content (AvgIpc) is 2.80. The van der Waals surface area contributed by atoms with Crippen LogP contribution in [0.25, 0.3) is 22.3 Å². The minimum atomic E-state index is -0.423. The molecule has 0 spiro atoms. The van der Waals surface area contributed by atoms with Crippen molar-refractivity contribution in [3.05, 3.63) is 82.5 Å². The normalized spacial score (nSPS) is 10.6. The Labute approximate surface area is 193 Å². The van der Waals surface area contributed by atoms with Gasteiger partial charge in [0.1, 0.15) is 5.52 Å². The van der Waals surface area contributed by atoms with Crippen LogP contribution in [0.5, 0.6) is 0 Å². The number of halogens is 2. The topological polar surface area (TPSA) is 96.0 Å². The van der Waals surface area contributed by atoms with E-state index in [0.29, 0.717) is 43.7 Å². The summed E-state index contributed by atoms with van der Waals surface area (Å²) in [6.07, 6.45) is 1.62. The highest BCUT2D eigenvalue weighted by Crippen LogP contribution is 2.26. The molecule has 7 nitrogen and oxygen atoms in total. The molecule has 0 aliphatic rings. The van der Waals surface area contributed by atoms with Crippen LogP contribution in [0, 0.1) is 0 Å². The first-order chi connectivity index (χ1) is 15.4. The second-order valence-electron chi connectivity index (χ2n) is 6.79. The standard InChI is InChI=1S/C23H17Cl2N5O2/c1-26-22(31)16-12-20(30-19-3-2-10-27-21(16)19)13-4-6-14(7-5-13)28-23(32)29-15-8-9-17(24)18(25)11-15/h2-12H,1H3,(H,26,31)(H2,28,29,32). The number of hydrogen-bond donors (Lipinski definition) is 3. The van der Waals surface area contributed by atoms with E-state index in [1.807, 2.05) is 18.2 Å². The Balaban J connectivity index is 1.54. The van der Waals surface area contributed by atoms with Crippen molar-refractivity contribution in [2.45, 2.75) is 0 Å². The summed E-state index contributed by atoms with van der Waals surface area (Å²) in [6, 6.07) is 16.8. The zero-order valence-corrected chi connectivity index (χ0v) is 18.3. The maximum atomic E-state index is 12.3. The lowest BCUT2D eigenvalue weighted by Crippen LogP contribution is -2.19. The van der Waals surface area contributed by atoms with Gasteiger partial charge in [0.2, 0.25) is 0 Å². The quantitative estimate of drug-likeness (QED) is 0.365. The fourth-order valence-corrected chi connectivity index (χ4v) is 3.41. The minimum absolute atomic E-state index is 0.241. The first-order valence-electron chi connectivity index (χ1n) is 9.56. The van der Waals surface area contributed by atoms with E-state index >= 15 is 0 Å². The minimum Gasteiger partial charge on any atom is -0.355 e. The van der Waals surface area contributed by atoms with Crippen molar-refractivity contribution in [2.75, 3.05) is 17.7 Å². The average molecular weight is 466 g/mol. The molecule has 4 rings (SSSR count). The molecule has 2 aromatic carbocycles. The summed E-state index contributed by atoms with van der Waals surface area (Å²) in [7, 11) is 1.57. The predicted molar refractivity (Wildman–Crippen MR) is 127 cm³/mol. The largest absolute Gasteiger partial charge is 0.355 e. The van der Waals surface area contributed by atoms with Gasteiger partial charge in [-0.3, -0.25) is 9.78 Å². The van der Waals surface area contributed by atoms with Crippen LogP contribution in [0.15, 0.2) is 66.9 Å². The van der Waals surface area contributed by atoms with Crippen LogP contribution in [-0.4, -0.2) is 29.0 Å². The Morgan fingerprint density at radius 2 is 1.59 bits per heavy atom. The molecule has 0 fully saturated rings. The molecule has 0 bridgehead atoms. The van der Waals surface area contributed by atoms with E-state index in [0.717, 1.165) is 5.56 Å². The van der Waals surface area contributed by atoms with Gasteiger partial charge in [0.05, 0.1) is 26.8 Å². The van der Waals surface area contributed by atoms with Gasteiger partial charge in [-0.05, 0) is 48.5 Å². The number of urea groups is 1. The number of carbonyl (C=O) groups excluding carboxylic acids is 2. The summed E-state index contributed by atoms with van der Waals surface area (Å²) in [5.74, 6) is -0.241. The predicted octanol–water partition coefficient (Wildman–Crippen LogP) is 5.61. The molecule has 9 heteroatoms. The molecule has 0 saturated heterocycles. The maximum Gasteiger partial charge on any atom is 0.323 e. The van der Waals surface area contributed by atoms with Crippen LogP contribution in [0.1, 0.15) is 10.4 Å². The number of amides is 3. The molecular formula is C23H17Cl2N5O2. The molecule has 0 atom stereocenters. The van der Waals surface area contributed by atoms with Crippen molar-refractivity contribution in [2.24, 2.45) is 0 Å². The highest BCUT2D eigenvalue weighted by Gasteiger charge is 2.14.